The monoisotopic (exact) mass is 293 g/mol. The summed E-state index contributed by atoms with van der Waals surface area (Å²) in [6.07, 6.45) is 0.798. The van der Waals surface area contributed by atoms with Crippen molar-refractivity contribution in [2.75, 3.05) is 6.54 Å². The quantitative estimate of drug-likeness (QED) is 0.873. The first-order valence-corrected chi connectivity index (χ1v) is 6.66. The van der Waals surface area contributed by atoms with Gasteiger partial charge in [-0.3, -0.25) is 4.79 Å². The van der Waals surface area contributed by atoms with Crippen molar-refractivity contribution in [3.63, 3.8) is 0 Å². The summed E-state index contributed by atoms with van der Waals surface area (Å²) >= 11 is 11.9. The smallest absolute Gasteiger partial charge is 0.194 e. The third-order valence-corrected chi connectivity index (χ3v) is 3.39. The Morgan fingerprint density at radius 3 is 2.37 bits per heavy atom. The second kappa shape index (κ2) is 6.20. The van der Waals surface area contributed by atoms with Gasteiger partial charge in [0, 0.05) is 16.1 Å². The molecule has 19 heavy (non-hydrogen) atoms. The molecule has 0 amide bonds. The minimum absolute atomic E-state index is 0.133. The predicted molar refractivity (Wildman–Crippen MR) is 79.1 cm³/mol. The van der Waals surface area contributed by atoms with E-state index in [1.165, 1.54) is 0 Å². The lowest BCUT2D eigenvalue weighted by Gasteiger charge is -2.05. The Labute approximate surface area is 122 Å². The number of ketones is 1. The molecule has 2 nitrogen and oxygen atoms in total. The maximum Gasteiger partial charge on any atom is 0.194 e. The summed E-state index contributed by atoms with van der Waals surface area (Å²) in [5, 5.41) is 0.896. The highest BCUT2D eigenvalue weighted by molar-refractivity contribution is 6.36. The molecule has 0 fully saturated rings. The molecule has 0 saturated heterocycles. The van der Waals surface area contributed by atoms with E-state index in [9.17, 15) is 4.79 Å². The van der Waals surface area contributed by atoms with Crippen molar-refractivity contribution in [3.05, 3.63) is 69.2 Å². The van der Waals surface area contributed by atoms with Crippen LogP contribution in [0.5, 0.6) is 0 Å². The molecule has 0 heterocycles. The molecular formula is C15H13Cl2NO. The van der Waals surface area contributed by atoms with Gasteiger partial charge >= 0.3 is 0 Å². The van der Waals surface area contributed by atoms with Gasteiger partial charge in [0.25, 0.3) is 0 Å². The summed E-state index contributed by atoms with van der Waals surface area (Å²) in [4.78, 5) is 12.3. The van der Waals surface area contributed by atoms with Crippen molar-refractivity contribution in [1.82, 2.24) is 0 Å². The van der Waals surface area contributed by atoms with Gasteiger partial charge in [0.1, 0.15) is 0 Å². The Morgan fingerprint density at radius 1 is 1.05 bits per heavy atom. The second-order valence-corrected chi connectivity index (χ2v) is 5.03. The molecule has 0 aromatic heterocycles. The maximum atomic E-state index is 12.3. The van der Waals surface area contributed by atoms with Crippen LogP contribution in [0.1, 0.15) is 21.5 Å². The van der Waals surface area contributed by atoms with Crippen LogP contribution in [0.15, 0.2) is 42.5 Å². The van der Waals surface area contributed by atoms with Gasteiger partial charge < -0.3 is 5.73 Å². The molecule has 98 valence electrons. The van der Waals surface area contributed by atoms with Crippen LogP contribution in [0.2, 0.25) is 10.0 Å². The Hall–Kier alpha value is -1.35. The first kappa shape index (κ1) is 14.1. The molecule has 0 aliphatic rings. The van der Waals surface area contributed by atoms with Crippen molar-refractivity contribution in [1.29, 1.82) is 0 Å². The van der Waals surface area contributed by atoms with E-state index in [0.717, 1.165) is 12.0 Å². The average Bonchev–Trinajstić information content (AvgIpc) is 2.42. The minimum Gasteiger partial charge on any atom is -0.330 e. The highest BCUT2D eigenvalue weighted by atomic mass is 35.5. The molecule has 2 rings (SSSR count). The van der Waals surface area contributed by atoms with Crippen molar-refractivity contribution < 1.29 is 4.79 Å². The summed E-state index contributed by atoms with van der Waals surface area (Å²) in [6, 6.07) is 12.2. The lowest BCUT2D eigenvalue weighted by atomic mass is 10.0. The molecule has 2 aromatic rings. The van der Waals surface area contributed by atoms with E-state index in [-0.39, 0.29) is 5.78 Å². The molecular weight excluding hydrogens is 281 g/mol. The SMILES string of the molecule is NCCc1ccc(C(=O)c2cc(Cl)ccc2Cl)cc1. The van der Waals surface area contributed by atoms with Crippen LogP contribution >= 0.6 is 23.2 Å². The van der Waals surface area contributed by atoms with E-state index in [0.29, 0.717) is 27.7 Å². The Balaban J connectivity index is 2.30. The minimum atomic E-state index is -0.133. The van der Waals surface area contributed by atoms with E-state index < -0.39 is 0 Å². The van der Waals surface area contributed by atoms with Gasteiger partial charge in [-0.1, -0.05) is 47.5 Å². The fraction of sp³-hybridized carbons (Fsp3) is 0.133. The largest absolute Gasteiger partial charge is 0.330 e. The lowest BCUT2D eigenvalue weighted by Crippen LogP contribution is -2.05. The number of carbonyl (C=O) groups is 1. The molecule has 0 aliphatic carbocycles. The van der Waals surface area contributed by atoms with Gasteiger partial charge in [0.15, 0.2) is 5.78 Å². The van der Waals surface area contributed by atoms with E-state index in [1.54, 1.807) is 30.3 Å². The van der Waals surface area contributed by atoms with Crippen LogP contribution in [0, 0.1) is 0 Å². The van der Waals surface area contributed by atoms with Crippen LogP contribution in [-0.4, -0.2) is 12.3 Å². The Kier molecular flexibility index (Phi) is 4.59. The van der Waals surface area contributed by atoms with Crippen molar-refractivity contribution in [2.24, 2.45) is 5.73 Å². The van der Waals surface area contributed by atoms with E-state index in [2.05, 4.69) is 0 Å². The Morgan fingerprint density at radius 2 is 1.74 bits per heavy atom. The van der Waals surface area contributed by atoms with Crippen LogP contribution in [0.25, 0.3) is 0 Å². The normalized spacial score (nSPS) is 10.5. The van der Waals surface area contributed by atoms with Crippen LogP contribution < -0.4 is 5.73 Å². The number of hydrogen-bond donors (Lipinski definition) is 1. The van der Waals surface area contributed by atoms with Gasteiger partial charge in [0.05, 0.1) is 5.02 Å². The number of hydrogen-bond acceptors (Lipinski definition) is 2. The summed E-state index contributed by atoms with van der Waals surface area (Å²) in [5.41, 5.74) is 7.60. The molecule has 0 unspecified atom stereocenters. The van der Waals surface area contributed by atoms with E-state index in [4.69, 9.17) is 28.9 Å². The maximum absolute atomic E-state index is 12.3. The third kappa shape index (κ3) is 3.35. The van der Waals surface area contributed by atoms with Gasteiger partial charge in [0.2, 0.25) is 0 Å². The van der Waals surface area contributed by atoms with Crippen LogP contribution in [0.3, 0.4) is 0 Å². The van der Waals surface area contributed by atoms with E-state index in [1.807, 2.05) is 12.1 Å². The third-order valence-electron chi connectivity index (χ3n) is 2.82. The molecule has 0 spiro atoms. The highest BCUT2D eigenvalue weighted by Crippen LogP contribution is 2.23. The highest BCUT2D eigenvalue weighted by Gasteiger charge is 2.13. The molecule has 4 heteroatoms. The van der Waals surface area contributed by atoms with Crippen molar-refractivity contribution in [2.45, 2.75) is 6.42 Å². The predicted octanol–water partition coefficient (Wildman–Crippen LogP) is 3.73. The first-order chi connectivity index (χ1) is 9.11. The van der Waals surface area contributed by atoms with Gasteiger partial charge in [-0.2, -0.15) is 0 Å². The number of carbonyl (C=O) groups excluding carboxylic acids is 1. The summed E-state index contributed by atoms with van der Waals surface area (Å²) in [6.45, 7) is 0.591. The zero-order valence-corrected chi connectivity index (χ0v) is 11.7. The van der Waals surface area contributed by atoms with Crippen LogP contribution in [0.4, 0.5) is 0 Å². The first-order valence-electron chi connectivity index (χ1n) is 5.90. The van der Waals surface area contributed by atoms with E-state index >= 15 is 0 Å². The summed E-state index contributed by atoms with van der Waals surface area (Å²) in [7, 11) is 0. The lowest BCUT2D eigenvalue weighted by molar-refractivity contribution is 0.103. The molecule has 0 saturated carbocycles. The summed E-state index contributed by atoms with van der Waals surface area (Å²) < 4.78 is 0. The van der Waals surface area contributed by atoms with Gasteiger partial charge in [-0.25, -0.2) is 0 Å². The summed E-state index contributed by atoms with van der Waals surface area (Å²) in [5.74, 6) is -0.133. The standard InChI is InChI=1S/C15H13Cl2NO/c16-12-5-6-14(17)13(9-12)15(19)11-3-1-10(2-4-11)7-8-18/h1-6,9H,7-8,18H2. The van der Waals surface area contributed by atoms with Crippen LogP contribution in [-0.2, 0) is 6.42 Å². The second-order valence-electron chi connectivity index (χ2n) is 4.19. The molecule has 0 radical (unpaired) electrons. The van der Waals surface area contributed by atoms with Crippen molar-refractivity contribution in [3.8, 4) is 0 Å². The van der Waals surface area contributed by atoms with Crippen molar-refractivity contribution >= 4 is 29.0 Å². The average molecular weight is 294 g/mol. The Bertz CT molecular complexity index is 594. The molecule has 0 bridgehead atoms. The zero-order valence-electron chi connectivity index (χ0n) is 10.2. The molecule has 2 N–H and O–H groups in total. The van der Waals surface area contributed by atoms with Gasteiger partial charge in [-0.05, 0) is 36.7 Å². The topological polar surface area (TPSA) is 43.1 Å². The zero-order chi connectivity index (χ0) is 13.8. The number of halogens is 2. The van der Waals surface area contributed by atoms with Gasteiger partial charge in [-0.15, -0.1) is 0 Å². The molecule has 0 atom stereocenters. The number of rotatable bonds is 4. The number of nitrogens with two attached hydrogens (primary N) is 1. The molecule has 2 aromatic carbocycles. The fourth-order valence-corrected chi connectivity index (χ4v) is 2.19. The molecule has 0 aliphatic heterocycles. The number of benzene rings is 2. The fourth-order valence-electron chi connectivity index (χ4n) is 1.82.